The second kappa shape index (κ2) is 5.15. The van der Waals surface area contributed by atoms with Crippen LogP contribution in [0.25, 0.3) is 0 Å². The molecule has 0 spiro atoms. The predicted molar refractivity (Wildman–Crippen MR) is 60.0 cm³/mol. The van der Waals surface area contributed by atoms with E-state index in [0.717, 1.165) is 6.07 Å². The minimum Gasteiger partial charge on any atom is -0.507 e. The number of hydrogen-bond donors (Lipinski definition) is 3. The summed E-state index contributed by atoms with van der Waals surface area (Å²) in [5.74, 6) is -2.31. The molecule has 0 aliphatic rings. The Kier molecular flexibility index (Phi) is 4.23. The van der Waals surface area contributed by atoms with Crippen molar-refractivity contribution in [2.75, 3.05) is 0 Å². The smallest absolute Gasteiger partial charge is 0.420 e. The van der Waals surface area contributed by atoms with Crippen molar-refractivity contribution in [1.82, 2.24) is 0 Å². The second-order valence-electron chi connectivity index (χ2n) is 3.59. The SMILES string of the molecule is NC(CC(=O)O)c1cc(Br)cc(C(F)(F)F)c1O. The molecule has 0 aliphatic carbocycles. The molecule has 1 atom stereocenters. The topological polar surface area (TPSA) is 83.6 Å². The third kappa shape index (κ3) is 3.36. The maximum absolute atomic E-state index is 12.6. The molecule has 0 radical (unpaired) electrons. The Balaban J connectivity index is 3.29. The van der Waals surface area contributed by atoms with Crippen LogP contribution in [0, 0.1) is 0 Å². The van der Waals surface area contributed by atoms with Crippen molar-refractivity contribution in [3.63, 3.8) is 0 Å². The molecule has 0 saturated carbocycles. The number of hydrogen-bond acceptors (Lipinski definition) is 3. The zero-order valence-corrected chi connectivity index (χ0v) is 10.4. The molecule has 0 heterocycles. The van der Waals surface area contributed by atoms with Crippen LogP contribution >= 0.6 is 15.9 Å². The summed E-state index contributed by atoms with van der Waals surface area (Å²) < 4.78 is 37.8. The van der Waals surface area contributed by atoms with Gasteiger partial charge in [0.25, 0.3) is 0 Å². The highest BCUT2D eigenvalue weighted by molar-refractivity contribution is 9.10. The lowest BCUT2D eigenvalue weighted by Gasteiger charge is -2.16. The number of halogens is 4. The fourth-order valence-electron chi connectivity index (χ4n) is 1.42. The summed E-state index contributed by atoms with van der Waals surface area (Å²) in [6, 6.07) is 0.644. The average Bonchev–Trinajstić information content (AvgIpc) is 2.18. The van der Waals surface area contributed by atoms with Crippen molar-refractivity contribution in [3.8, 4) is 5.75 Å². The van der Waals surface area contributed by atoms with Crippen molar-refractivity contribution in [2.45, 2.75) is 18.6 Å². The molecule has 4 N–H and O–H groups in total. The molecule has 4 nitrogen and oxygen atoms in total. The molecule has 1 rings (SSSR count). The molecular weight excluding hydrogens is 319 g/mol. The summed E-state index contributed by atoms with van der Waals surface area (Å²) in [4.78, 5) is 10.5. The monoisotopic (exact) mass is 327 g/mol. The van der Waals surface area contributed by atoms with E-state index in [1.54, 1.807) is 0 Å². The molecule has 1 aromatic carbocycles. The molecule has 0 aromatic heterocycles. The molecule has 0 saturated heterocycles. The lowest BCUT2D eigenvalue weighted by atomic mass is 10.00. The number of phenolic OH excluding ortho intramolecular Hbond substituents is 1. The Morgan fingerprint density at radius 2 is 2.00 bits per heavy atom. The summed E-state index contributed by atoms with van der Waals surface area (Å²) >= 11 is 2.86. The van der Waals surface area contributed by atoms with Crippen LogP contribution in [-0.4, -0.2) is 16.2 Å². The second-order valence-corrected chi connectivity index (χ2v) is 4.51. The van der Waals surface area contributed by atoms with Crippen molar-refractivity contribution in [2.24, 2.45) is 5.73 Å². The van der Waals surface area contributed by atoms with Crippen LogP contribution < -0.4 is 5.73 Å². The van der Waals surface area contributed by atoms with Crippen molar-refractivity contribution >= 4 is 21.9 Å². The van der Waals surface area contributed by atoms with Gasteiger partial charge in [0, 0.05) is 16.1 Å². The maximum Gasteiger partial charge on any atom is 0.420 e. The van der Waals surface area contributed by atoms with E-state index < -0.39 is 35.9 Å². The van der Waals surface area contributed by atoms with Crippen LogP contribution in [0.3, 0.4) is 0 Å². The molecule has 0 amide bonds. The number of benzene rings is 1. The van der Waals surface area contributed by atoms with Crippen LogP contribution in [0.4, 0.5) is 13.2 Å². The van der Waals surface area contributed by atoms with Crippen molar-refractivity contribution in [3.05, 3.63) is 27.7 Å². The molecule has 100 valence electrons. The van der Waals surface area contributed by atoms with Gasteiger partial charge in [-0.1, -0.05) is 15.9 Å². The van der Waals surface area contributed by atoms with Crippen molar-refractivity contribution < 1.29 is 28.2 Å². The quantitative estimate of drug-likeness (QED) is 0.796. The summed E-state index contributed by atoms with van der Waals surface area (Å²) in [5.41, 5.74) is 3.93. The van der Waals surface area contributed by atoms with Gasteiger partial charge in [0.1, 0.15) is 5.75 Å². The first-order valence-electron chi connectivity index (χ1n) is 4.70. The number of rotatable bonds is 3. The first kappa shape index (κ1) is 14.8. The van der Waals surface area contributed by atoms with Gasteiger partial charge in [-0.25, -0.2) is 0 Å². The van der Waals surface area contributed by atoms with Crippen LogP contribution in [0.2, 0.25) is 0 Å². The molecular formula is C10H9BrF3NO3. The van der Waals surface area contributed by atoms with Crippen LogP contribution in [0.5, 0.6) is 5.75 Å². The van der Waals surface area contributed by atoms with Gasteiger partial charge >= 0.3 is 12.1 Å². The molecule has 8 heteroatoms. The average molecular weight is 328 g/mol. The molecule has 0 bridgehead atoms. The number of alkyl halides is 3. The van der Waals surface area contributed by atoms with E-state index in [9.17, 15) is 23.1 Å². The van der Waals surface area contributed by atoms with Gasteiger partial charge in [-0.2, -0.15) is 13.2 Å². The molecule has 1 unspecified atom stereocenters. The van der Waals surface area contributed by atoms with Gasteiger partial charge in [-0.3, -0.25) is 4.79 Å². The summed E-state index contributed by atoms with van der Waals surface area (Å²) in [5, 5.41) is 18.1. The fraction of sp³-hybridized carbons (Fsp3) is 0.300. The minimum atomic E-state index is -4.74. The normalized spacial score (nSPS) is 13.4. The van der Waals surface area contributed by atoms with E-state index in [4.69, 9.17) is 10.8 Å². The predicted octanol–water partition coefficient (Wildman–Crippen LogP) is 2.65. The summed E-state index contributed by atoms with van der Waals surface area (Å²) in [6.07, 6.45) is -5.33. The Morgan fingerprint density at radius 3 is 2.44 bits per heavy atom. The third-order valence-corrected chi connectivity index (χ3v) is 2.66. The first-order chi connectivity index (χ1) is 8.12. The van der Waals surface area contributed by atoms with Gasteiger partial charge in [-0.15, -0.1) is 0 Å². The van der Waals surface area contributed by atoms with E-state index in [1.807, 2.05) is 0 Å². The van der Waals surface area contributed by atoms with Gasteiger partial charge < -0.3 is 15.9 Å². The fourth-order valence-corrected chi connectivity index (χ4v) is 1.89. The number of aromatic hydroxyl groups is 1. The van der Waals surface area contributed by atoms with Gasteiger partial charge in [0.2, 0.25) is 0 Å². The van der Waals surface area contributed by atoms with E-state index in [-0.39, 0.29) is 10.0 Å². The number of carboxylic acid groups (broad SMARTS) is 1. The van der Waals surface area contributed by atoms with E-state index in [1.165, 1.54) is 0 Å². The van der Waals surface area contributed by atoms with Crippen molar-refractivity contribution in [1.29, 1.82) is 0 Å². The minimum absolute atomic E-state index is 0.0588. The van der Waals surface area contributed by atoms with E-state index in [0.29, 0.717) is 6.07 Å². The first-order valence-corrected chi connectivity index (χ1v) is 5.49. The lowest BCUT2D eigenvalue weighted by Crippen LogP contribution is -2.17. The lowest BCUT2D eigenvalue weighted by molar-refractivity contribution is -0.139. The molecule has 18 heavy (non-hydrogen) atoms. The summed E-state index contributed by atoms with van der Waals surface area (Å²) in [6.45, 7) is 0. The highest BCUT2D eigenvalue weighted by Crippen LogP contribution is 2.41. The Hall–Kier alpha value is -1.28. The Labute approximate surface area is 108 Å². The highest BCUT2D eigenvalue weighted by Gasteiger charge is 2.36. The molecule has 0 fully saturated rings. The Morgan fingerprint density at radius 1 is 1.44 bits per heavy atom. The molecule has 1 aromatic rings. The number of carboxylic acids is 1. The summed E-state index contributed by atoms with van der Waals surface area (Å²) in [7, 11) is 0. The zero-order chi connectivity index (χ0) is 14.1. The third-order valence-electron chi connectivity index (χ3n) is 2.20. The Bertz CT molecular complexity index is 476. The highest BCUT2D eigenvalue weighted by atomic mass is 79.9. The number of aliphatic carboxylic acids is 1. The van der Waals surface area contributed by atoms with Crippen LogP contribution in [0.1, 0.15) is 23.6 Å². The number of carbonyl (C=O) groups is 1. The number of nitrogens with two attached hydrogens (primary N) is 1. The van der Waals surface area contributed by atoms with Gasteiger partial charge in [0.05, 0.1) is 12.0 Å². The van der Waals surface area contributed by atoms with Gasteiger partial charge in [-0.05, 0) is 12.1 Å². The standard InChI is InChI=1S/C10H9BrF3NO3/c11-4-1-5(7(15)3-8(16)17)9(18)6(2-4)10(12,13)14/h1-2,7,18H,3,15H2,(H,16,17). The largest absolute Gasteiger partial charge is 0.507 e. The van der Waals surface area contributed by atoms with Gasteiger partial charge in [0.15, 0.2) is 0 Å². The van der Waals surface area contributed by atoms with E-state index >= 15 is 0 Å². The zero-order valence-electron chi connectivity index (χ0n) is 8.83. The molecule has 0 aliphatic heterocycles. The maximum atomic E-state index is 12.6. The van der Waals surface area contributed by atoms with Crippen LogP contribution in [-0.2, 0) is 11.0 Å². The van der Waals surface area contributed by atoms with Crippen LogP contribution in [0.15, 0.2) is 16.6 Å². The number of phenols is 1. The van der Waals surface area contributed by atoms with E-state index in [2.05, 4.69) is 15.9 Å².